The van der Waals surface area contributed by atoms with Gasteiger partial charge >= 0.3 is 0 Å². The first-order chi connectivity index (χ1) is 9.83. The van der Waals surface area contributed by atoms with Gasteiger partial charge in [0.2, 0.25) is 0 Å². The number of aryl methyl sites for hydroxylation is 1. The molecule has 0 saturated carbocycles. The Morgan fingerprint density at radius 1 is 0.810 bits per heavy atom. The molecule has 0 aliphatic rings. The van der Waals surface area contributed by atoms with E-state index in [4.69, 9.17) is 31.1 Å². The molecular weight excluding hydrogens is 448 g/mol. The zero-order valence-electron chi connectivity index (χ0n) is 11.0. The van der Waals surface area contributed by atoms with Crippen molar-refractivity contribution in [1.29, 1.82) is 0 Å². The molecule has 6 nitrogen and oxygen atoms in total. The number of carbonyl (C=O) groups excluding carboxylic acids is 5. The van der Waals surface area contributed by atoms with Crippen molar-refractivity contribution in [3.63, 3.8) is 0 Å². The van der Waals surface area contributed by atoms with Crippen LogP contribution in [0.3, 0.4) is 0 Å². The van der Waals surface area contributed by atoms with Crippen LogP contribution >= 0.6 is 0 Å². The van der Waals surface area contributed by atoms with Crippen molar-refractivity contribution in [2.45, 2.75) is 13.5 Å². The molecule has 0 aliphatic carbocycles. The van der Waals surface area contributed by atoms with Crippen molar-refractivity contribution in [2.75, 3.05) is 0 Å². The minimum atomic E-state index is 0. The third-order valence-electron chi connectivity index (χ3n) is 1.37. The van der Waals surface area contributed by atoms with E-state index in [1.165, 1.54) is 5.56 Å². The van der Waals surface area contributed by atoms with Gasteiger partial charge in [0.25, 0.3) is 33.9 Å². The van der Waals surface area contributed by atoms with Crippen LogP contribution in [0.25, 0.3) is 0 Å². The van der Waals surface area contributed by atoms with Gasteiger partial charge in [-0.1, -0.05) is 29.8 Å². The molecule has 0 bridgehead atoms. The number of hydrogen-bond donors (Lipinski definition) is 0. The van der Waals surface area contributed by atoms with Crippen molar-refractivity contribution in [3.8, 4) is 0 Å². The van der Waals surface area contributed by atoms with Crippen molar-refractivity contribution in [1.82, 2.24) is 0 Å². The second kappa shape index (κ2) is 51.7. The van der Waals surface area contributed by atoms with E-state index in [1.807, 2.05) is 31.2 Å². The van der Waals surface area contributed by atoms with Gasteiger partial charge in [-0.25, -0.2) is 0 Å². The maximum atomic E-state index is 7.50. The fourth-order valence-electron chi connectivity index (χ4n) is 0.781. The first-order valence-corrected chi connectivity index (χ1v) is 4.22. The van der Waals surface area contributed by atoms with Crippen molar-refractivity contribution in [3.05, 3.63) is 42.5 Å². The molecule has 0 amide bonds. The molecule has 21 heavy (non-hydrogen) atoms. The minimum absolute atomic E-state index is 0. The summed E-state index contributed by atoms with van der Waals surface area (Å²) < 4.78 is 4.47. The van der Waals surface area contributed by atoms with Crippen LogP contribution in [0.1, 0.15) is 11.1 Å². The molecule has 108 valence electrons. The van der Waals surface area contributed by atoms with E-state index in [0.29, 0.717) is 6.61 Å². The molecule has 1 aromatic rings. The molecule has 1 rings (SSSR count). The summed E-state index contributed by atoms with van der Waals surface area (Å²) in [6.07, 6.45) is 0. The Hall–Kier alpha value is -1.78. The van der Waals surface area contributed by atoms with Crippen LogP contribution < -0.4 is 0 Å². The maximum Gasteiger partial charge on any atom is 0.281 e. The van der Waals surface area contributed by atoms with Gasteiger partial charge in [0, 0.05) is 21.1 Å². The molecule has 0 fully saturated rings. The standard InChI is InChI=1S/C9H10O.5CO.W/c1-8-3-5-9(6-4-8)7-10-2;5*1-2;/h2-6H,7H2,1H3;;;;;;. The van der Waals surface area contributed by atoms with E-state index in [0.717, 1.165) is 5.56 Å². The SMILES string of the molecule is [CH]OCc1ccc(C)cc1.[C]=O.[C]=O.[C]=O.[C]=O.[C]=O.[W]. The summed E-state index contributed by atoms with van der Waals surface area (Å²) in [5.74, 6) is 0. The third kappa shape index (κ3) is 38.1. The summed E-state index contributed by atoms with van der Waals surface area (Å²) >= 11 is 0. The molecular formula is C14H10O6W. The average Bonchev–Trinajstić information content (AvgIpc) is 2.59. The smallest absolute Gasteiger partial charge is 0.281 e. The Labute approximate surface area is 140 Å². The van der Waals surface area contributed by atoms with Gasteiger partial charge in [-0.05, 0) is 12.5 Å². The first-order valence-electron chi connectivity index (χ1n) is 4.22. The summed E-state index contributed by atoms with van der Waals surface area (Å²) in [6.45, 7) is 25.0. The first kappa shape index (κ1) is 36.5. The van der Waals surface area contributed by atoms with Crippen LogP contribution in [0.4, 0.5) is 0 Å². The van der Waals surface area contributed by atoms with Crippen molar-refractivity contribution in [2.24, 2.45) is 0 Å². The summed E-state index contributed by atoms with van der Waals surface area (Å²) in [7, 11) is 4.90. The molecule has 7 heteroatoms. The number of rotatable bonds is 2. The van der Waals surface area contributed by atoms with Gasteiger partial charge in [-0.15, -0.1) is 0 Å². The second-order valence-electron chi connectivity index (χ2n) is 2.30. The molecule has 1 aromatic carbocycles. The third-order valence-corrected chi connectivity index (χ3v) is 1.37. The molecule has 12 radical (unpaired) electrons. The molecule has 0 saturated heterocycles. The quantitative estimate of drug-likeness (QED) is 0.629. The van der Waals surface area contributed by atoms with E-state index in [-0.39, 0.29) is 21.1 Å². The van der Waals surface area contributed by atoms with E-state index >= 15 is 0 Å². The van der Waals surface area contributed by atoms with Gasteiger partial charge < -0.3 is 4.74 Å². The molecule has 0 aromatic heterocycles. The van der Waals surface area contributed by atoms with Gasteiger partial charge in [0.1, 0.15) is 7.11 Å². The van der Waals surface area contributed by atoms with Crippen LogP contribution in [0, 0.1) is 14.0 Å². The number of ether oxygens (including phenoxy) is 1. The van der Waals surface area contributed by atoms with Crippen LogP contribution in [0.5, 0.6) is 0 Å². The average molecular weight is 458 g/mol. The largest absolute Gasteiger partial charge is 0.368 e. The second-order valence-corrected chi connectivity index (χ2v) is 2.30. The monoisotopic (exact) mass is 458 g/mol. The Kier molecular flexibility index (Phi) is 89.9. The molecule has 0 unspecified atom stereocenters. The van der Waals surface area contributed by atoms with Gasteiger partial charge in [0.15, 0.2) is 0 Å². The van der Waals surface area contributed by atoms with Crippen LogP contribution in [0.15, 0.2) is 24.3 Å². The van der Waals surface area contributed by atoms with Gasteiger partial charge in [-0.3, -0.25) is 24.0 Å². The molecule has 0 aliphatic heterocycles. The zero-order chi connectivity index (χ0) is 17.4. The van der Waals surface area contributed by atoms with Crippen molar-refractivity contribution >= 4 is 33.9 Å². The topological polar surface area (TPSA) is 94.6 Å². The zero-order valence-corrected chi connectivity index (χ0v) is 13.9. The maximum absolute atomic E-state index is 7.50. The summed E-state index contributed by atoms with van der Waals surface area (Å²) in [4.78, 5) is 37.5. The van der Waals surface area contributed by atoms with Crippen molar-refractivity contribution < 1.29 is 49.8 Å². The van der Waals surface area contributed by atoms with Crippen LogP contribution in [0.2, 0.25) is 0 Å². The summed E-state index contributed by atoms with van der Waals surface area (Å²) in [5, 5.41) is 0. The summed E-state index contributed by atoms with van der Waals surface area (Å²) in [6, 6.07) is 8.08. The molecule has 0 N–H and O–H groups in total. The van der Waals surface area contributed by atoms with Gasteiger partial charge in [0.05, 0.1) is 6.61 Å². The van der Waals surface area contributed by atoms with E-state index in [2.05, 4.69) is 38.7 Å². The minimum Gasteiger partial charge on any atom is -0.368 e. The molecule has 0 atom stereocenters. The predicted molar refractivity (Wildman–Crippen MR) is 68.7 cm³/mol. The molecule has 0 spiro atoms. The van der Waals surface area contributed by atoms with E-state index in [9.17, 15) is 0 Å². The Morgan fingerprint density at radius 3 is 1.33 bits per heavy atom. The molecule has 0 heterocycles. The fourth-order valence-corrected chi connectivity index (χ4v) is 0.781. The Bertz CT molecular complexity index is 257. The fraction of sp³-hybridized carbons (Fsp3) is 0.143. The number of hydrogen-bond acceptors (Lipinski definition) is 6. The van der Waals surface area contributed by atoms with Crippen LogP contribution in [-0.2, 0) is 56.4 Å². The Balaban J connectivity index is -0.0000000440. The normalized spacial score (nSPS) is 5.62. The summed E-state index contributed by atoms with van der Waals surface area (Å²) in [5.41, 5.74) is 2.36. The number of benzene rings is 1. The van der Waals surface area contributed by atoms with E-state index in [1.54, 1.807) is 0 Å². The van der Waals surface area contributed by atoms with Gasteiger partial charge in [-0.2, -0.15) is 0 Å². The van der Waals surface area contributed by atoms with E-state index < -0.39 is 0 Å². The van der Waals surface area contributed by atoms with Crippen LogP contribution in [-0.4, -0.2) is 33.9 Å². The predicted octanol–water partition coefficient (Wildman–Crippen LogP) is 0.192. The Morgan fingerprint density at radius 2 is 1.10 bits per heavy atom.